The van der Waals surface area contributed by atoms with E-state index in [0.717, 1.165) is 19.3 Å². The van der Waals surface area contributed by atoms with Crippen LogP contribution < -0.4 is 16.2 Å². The van der Waals surface area contributed by atoms with Gasteiger partial charge >= 0.3 is 0 Å². The van der Waals surface area contributed by atoms with Crippen LogP contribution in [0.15, 0.2) is 42.1 Å². The lowest BCUT2D eigenvalue weighted by Crippen LogP contribution is -2.44. The fraction of sp³-hybridized carbons (Fsp3) is 0.438. The molecule has 1 aromatic carbocycles. The number of hydrazine groups is 1. The molecule has 0 spiro atoms. The summed E-state index contributed by atoms with van der Waals surface area (Å²) in [6, 6.07) is 10.7. The van der Waals surface area contributed by atoms with Crippen molar-refractivity contribution in [3.63, 3.8) is 0 Å². The largest absolute Gasteiger partial charge is 0.383 e. The third-order valence-corrected chi connectivity index (χ3v) is 3.86. The SMILES string of the molecule is COCCNC(=S)NNC1=CC[C@H](c2ccccc2)CC1. The number of nitrogens with one attached hydrogen (secondary N) is 3. The standard InChI is InChI=1S/C16H23N3OS/c1-20-12-11-17-16(21)19-18-15-9-7-14(8-10-15)13-5-3-2-4-6-13/h2-6,9,14,18H,7-8,10-12H2,1H3,(H2,17,19,21)/t14-/m0/s1. The van der Waals surface area contributed by atoms with Crippen molar-refractivity contribution in [2.75, 3.05) is 20.3 Å². The topological polar surface area (TPSA) is 45.3 Å². The molecule has 0 aromatic heterocycles. The normalized spacial score (nSPS) is 17.8. The summed E-state index contributed by atoms with van der Waals surface area (Å²) in [4.78, 5) is 0. The Labute approximate surface area is 131 Å². The summed E-state index contributed by atoms with van der Waals surface area (Å²) in [6.45, 7) is 1.35. The summed E-state index contributed by atoms with van der Waals surface area (Å²) in [7, 11) is 1.67. The summed E-state index contributed by atoms with van der Waals surface area (Å²) < 4.78 is 4.96. The highest BCUT2D eigenvalue weighted by Crippen LogP contribution is 2.30. The van der Waals surface area contributed by atoms with Crippen molar-refractivity contribution in [3.05, 3.63) is 47.7 Å². The third kappa shape index (κ3) is 5.36. The number of rotatable bonds is 6. The van der Waals surface area contributed by atoms with Gasteiger partial charge in [0.25, 0.3) is 0 Å². The van der Waals surface area contributed by atoms with Gasteiger partial charge in [0.2, 0.25) is 0 Å². The van der Waals surface area contributed by atoms with Gasteiger partial charge < -0.3 is 15.5 Å². The lowest BCUT2D eigenvalue weighted by Gasteiger charge is -2.23. The average molecular weight is 305 g/mol. The Bertz CT molecular complexity index is 476. The van der Waals surface area contributed by atoms with E-state index in [1.54, 1.807) is 7.11 Å². The van der Waals surface area contributed by atoms with Crippen LogP contribution in [0.2, 0.25) is 0 Å². The Morgan fingerprint density at radius 1 is 1.33 bits per heavy atom. The van der Waals surface area contributed by atoms with E-state index in [9.17, 15) is 0 Å². The van der Waals surface area contributed by atoms with E-state index in [-0.39, 0.29) is 0 Å². The van der Waals surface area contributed by atoms with Crippen LogP contribution >= 0.6 is 12.2 Å². The summed E-state index contributed by atoms with van der Waals surface area (Å²) in [5, 5.41) is 3.66. The van der Waals surface area contributed by atoms with Gasteiger partial charge in [0.05, 0.1) is 6.61 Å². The van der Waals surface area contributed by atoms with Crippen LogP contribution in [-0.4, -0.2) is 25.4 Å². The Morgan fingerprint density at radius 2 is 2.14 bits per heavy atom. The van der Waals surface area contributed by atoms with Crippen molar-refractivity contribution in [1.29, 1.82) is 0 Å². The first kappa shape index (κ1) is 15.8. The number of hydrogen-bond acceptors (Lipinski definition) is 3. The van der Waals surface area contributed by atoms with Crippen LogP contribution in [0.25, 0.3) is 0 Å². The molecule has 0 aliphatic heterocycles. The first-order chi connectivity index (χ1) is 10.3. The molecule has 1 atom stereocenters. The molecule has 0 heterocycles. The van der Waals surface area contributed by atoms with E-state index < -0.39 is 0 Å². The minimum absolute atomic E-state index is 0.595. The second-order valence-corrected chi connectivity index (χ2v) is 5.52. The van der Waals surface area contributed by atoms with E-state index in [1.807, 2.05) is 0 Å². The maximum absolute atomic E-state index is 5.17. The highest BCUT2D eigenvalue weighted by Gasteiger charge is 2.15. The Morgan fingerprint density at radius 3 is 2.81 bits per heavy atom. The minimum atomic E-state index is 0.595. The van der Waals surface area contributed by atoms with Crippen LogP contribution in [0.5, 0.6) is 0 Å². The van der Waals surface area contributed by atoms with E-state index in [4.69, 9.17) is 17.0 Å². The molecule has 0 saturated heterocycles. The molecule has 0 unspecified atom stereocenters. The summed E-state index contributed by atoms with van der Waals surface area (Å²) >= 11 is 5.17. The summed E-state index contributed by atoms with van der Waals surface area (Å²) in [5.74, 6) is 0.628. The Hall–Kier alpha value is -1.59. The van der Waals surface area contributed by atoms with E-state index in [0.29, 0.717) is 24.2 Å². The van der Waals surface area contributed by atoms with Gasteiger partial charge in [0.1, 0.15) is 0 Å². The molecule has 0 fully saturated rings. The molecule has 1 aliphatic rings. The van der Waals surface area contributed by atoms with Gasteiger partial charge in [0, 0.05) is 19.4 Å². The highest BCUT2D eigenvalue weighted by molar-refractivity contribution is 7.80. The fourth-order valence-corrected chi connectivity index (χ4v) is 2.58. The molecule has 2 rings (SSSR count). The minimum Gasteiger partial charge on any atom is -0.383 e. The summed E-state index contributed by atoms with van der Waals surface area (Å²) in [6.07, 6.45) is 5.52. The molecule has 3 N–H and O–H groups in total. The smallest absolute Gasteiger partial charge is 0.185 e. The molecule has 5 heteroatoms. The van der Waals surface area contributed by atoms with Gasteiger partial charge in [-0.3, -0.25) is 5.43 Å². The van der Waals surface area contributed by atoms with Gasteiger partial charge in [-0.25, -0.2) is 0 Å². The number of allylic oxidation sites excluding steroid dienone is 2. The van der Waals surface area contributed by atoms with Crippen LogP contribution in [-0.2, 0) is 4.74 Å². The van der Waals surface area contributed by atoms with Crippen molar-refractivity contribution in [3.8, 4) is 0 Å². The second-order valence-electron chi connectivity index (χ2n) is 5.11. The molecule has 1 aliphatic carbocycles. The number of benzene rings is 1. The highest BCUT2D eigenvalue weighted by atomic mass is 32.1. The van der Waals surface area contributed by atoms with E-state index in [2.05, 4.69) is 52.6 Å². The number of thiocarbonyl (C=S) groups is 1. The van der Waals surface area contributed by atoms with Crippen LogP contribution in [0.4, 0.5) is 0 Å². The number of hydrogen-bond donors (Lipinski definition) is 3. The maximum atomic E-state index is 5.17. The van der Waals surface area contributed by atoms with Crippen LogP contribution in [0, 0.1) is 0 Å². The van der Waals surface area contributed by atoms with Gasteiger partial charge in [-0.05, 0) is 43.0 Å². The quantitative estimate of drug-likeness (QED) is 0.428. The predicted octanol–water partition coefficient (Wildman–Crippen LogP) is 2.45. The molecule has 0 radical (unpaired) electrons. The first-order valence-corrected chi connectivity index (χ1v) is 7.73. The lowest BCUT2D eigenvalue weighted by molar-refractivity contribution is 0.204. The first-order valence-electron chi connectivity index (χ1n) is 7.32. The zero-order chi connectivity index (χ0) is 14.9. The average Bonchev–Trinajstić information content (AvgIpc) is 2.54. The summed E-state index contributed by atoms with van der Waals surface area (Å²) in [5.41, 5.74) is 8.83. The molecule has 21 heavy (non-hydrogen) atoms. The lowest BCUT2D eigenvalue weighted by atomic mass is 9.87. The van der Waals surface area contributed by atoms with Crippen molar-refractivity contribution in [2.24, 2.45) is 0 Å². The Balaban J connectivity index is 1.72. The zero-order valence-electron chi connectivity index (χ0n) is 12.4. The number of ether oxygens (including phenoxy) is 1. The van der Waals surface area contributed by atoms with Gasteiger partial charge in [0.15, 0.2) is 5.11 Å². The zero-order valence-corrected chi connectivity index (χ0v) is 13.2. The molecule has 1 aromatic rings. The maximum Gasteiger partial charge on any atom is 0.185 e. The van der Waals surface area contributed by atoms with Crippen molar-refractivity contribution >= 4 is 17.3 Å². The number of methoxy groups -OCH3 is 1. The van der Waals surface area contributed by atoms with E-state index in [1.165, 1.54) is 11.3 Å². The van der Waals surface area contributed by atoms with Crippen molar-refractivity contribution in [2.45, 2.75) is 25.2 Å². The molecule has 0 saturated carbocycles. The van der Waals surface area contributed by atoms with Crippen molar-refractivity contribution in [1.82, 2.24) is 16.2 Å². The molecular weight excluding hydrogens is 282 g/mol. The van der Waals surface area contributed by atoms with E-state index >= 15 is 0 Å². The van der Waals surface area contributed by atoms with Crippen molar-refractivity contribution < 1.29 is 4.74 Å². The van der Waals surface area contributed by atoms with Gasteiger partial charge in [-0.15, -0.1) is 0 Å². The van der Waals surface area contributed by atoms with Crippen LogP contribution in [0.3, 0.4) is 0 Å². The molecule has 4 nitrogen and oxygen atoms in total. The Kier molecular flexibility index (Phi) is 6.50. The fourth-order valence-electron chi connectivity index (χ4n) is 2.42. The molecule has 0 bridgehead atoms. The molecule has 114 valence electrons. The van der Waals surface area contributed by atoms with Gasteiger partial charge in [-0.1, -0.05) is 36.4 Å². The monoisotopic (exact) mass is 305 g/mol. The predicted molar refractivity (Wildman–Crippen MR) is 89.9 cm³/mol. The van der Waals surface area contributed by atoms with Crippen LogP contribution in [0.1, 0.15) is 30.7 Å². The third-order valence-electron chi connectivity index (χ3n) is 3.61. The molecular formula is C16H23N3OS. The molecule has 0 amide bonds. The van der Waals surface area contributed by atoms with Gasteiger partial charge in [-0.2, -0.15) is 0 Å². The second kappa shape index (κ2) is 8.64.